The van der Waals surface area contributed by atoms with Crippen LogP contribution in [0.3, 0.4) is 0 Å². The summed E-state index contributed by atoms with van der Waals surface area (Å²) >= 11 is -4.36. The van der Waals surface area contributed by atoms with Crippen LogP contribution in [-0.4, -0.2) is 19.4 Å². The van der Waals surface area contributed by atoms with Gasteiger partial charge in [-0.3, -0.25) is 0 Å². The second-order valence-electron chi connectivity index (χ2n) is 3.88. The summed E-state index contributed by atoms with van der Waals surface area (Å²) in [6.07, 6.45) is 0.479. The van der Waals surface area contributed by atoms with Gasteiger partial charge in [-0.25, -0.2) is 0 Å². The molecule has 0 saturated carbocycles. The summed E-state index contributed by atoms with van der Waals surface area (Å²) in [6, 6.07) is 0. The minimum atomic E-state index is -4.36. The third-order valence-corrected chi connectivity index (χ3v) is 7.00. The normalized spacial score (nSPS) is 15.5. The van der Waals surface area contributed by atoms with Crippen LogP contribution in [0.1, 0.15) is 27.2 Å². The molecule has 0 unspecified atom stereocenters. The monoisotopic (exact) mass is 290 g/mol. The number of carbonyl (C=O) groups excluding carboxylic acids is 3. The van der Waals surface area contributed by atoms with Crippen molar-refractivity contribution in [3.8, 4) is 0 Å². The molecule has 0 radical (unpaired) electrons. The van der Waals surface area contributed by atoms with Gasteiger partial charge in [0, 0.05) is 0 Å². The van der Waals surface area contributed by atoms with Gasteiger partial charge in [0.15, 0.2) is 0 Å². The molecule has 18 heavy (non-hydrogen) atoms. The summed E-state index contributed by atoms with van der Waals surface area (Å²) in [6.45, 7) is 6.09. The molecule has 6 nitrogen and oxygen atoms in total. The number of carbonyl (C=O) groups is 3. The second kappa shape index (κ2) is 5.97. The zero-order valence-corrected chi connectivity index (χ0v) is 12.0. The maximum atomic E-state index is 10.6. The molecule has 0 bridgehead atoms. The summed E-state index contributed by atoms with van der Waals surface area (Å²) in [5.74, 6) is 0. The van der Waals surface area contributed by atoms with Crippen molar-refractivity contribution in [2.75, 3.05) is 0 Å². The Labute approximate surface area is 109 Å². The second-order valence-corrected chi connectivity index (χ2v) is 7.67. The van der Waals surface area contributed by atoms with Crippen molar-refractivity contribution in [3.05, 3.63) is 20.6 Å². The predicted molar refractivity (Wildman–Crippen MR) is 57.1 cm³/mol. The molecular weight excluding hydrogens is 276 g/mol. The summed E-state index contributed by atoms with van der Waals surface area (Å²) in [4.78, 5) is 31.8. The van der Waals surface area contributed by atoms with E-state index in [0.29, 0.717) is 10.3 Å². The molecule has 0 N–H and O–H groups in total. The molecule has 7 heteroatoms. The summed E-state index contributed by atoms with van der Waals surface area (Å²) in [5, 5.41) is 0. The Kier molecular flexibility index (Phi) is 4.87. The van der Waals surface area contributed by atoms with Crippen LogP contribution in [0.5, 0.6) is 0 Å². The summed E-state index contributed by atoms with van der Waals surface area (Å²) in [5.41, 5.74) is 2.94. The van der Waals surface area contributed by atoms with E-state index in [1.54, 1.807) is 0 Å². The molecular formula is C11H14O6Ti. The van der Waals surface area contributed by atoms with Gasteiger partial charge in [0.1, 0.15) is 0 Å². The molecule has 1 rings (SSSR count). The number of hydrogen-bond donors (Lipinski definition) is 0. The molecule has 0 spiro atoms. The van der Waals surface area contributed by atoms with E-state index in [-0.39, 0.29) is 19.4 Å². The Morgan fingerprint density at radius 1 is 0.889 bits per heavy atom. The van der Waals surface area contributed by atoms with Gasteiger partial charge in [-0.1, -0.05) is 0 Å². The Hall–Kier alpha value is -1.40. The van der Waals surface area contributed by atoms with E-state index in [2.05, 4.69) is 0 Å². The predicted octanol–water partition coefficient (Wildman–Crippen LogP) is 1.42. The zero-order valence-electron chi connectivity index (χ0n) is 10.4. The molecule has 0 heterocycles. The molecule has 0 aliphatic heterocycles. The van der Waals surface area contributed by atoms with E-state index in [0.717, 1.165) is 16.7 Å². The van der Waals surface area contributed by atoms with Crippen LogP contribution in [0.4, 0.5) is 0 Å². The van der Waals surface area contributed by atoms with E-state index in [9.17, 15) is 14.4 Å². The van der Waals surface area contributed by atoms with Crippen LogP contribution >= 0.6 is 0 Å². The van der Waals surface area contributed by atoms with Crippen LogP contribution in [0.15, 0.2) is 20.6 Å². The third-order valence-electron chi connectivity index (χ3n) is 3.08. The van der Waals surface area contributed by atoms with Crippen molar-refractivity contribution in [2.45, 2.75) is 27.2 Å². The van der Waals surface area contributed by atoms with E-state index in [1.807, 2.05) is 20.8 Å². The average molecular weight is 290 g/mol. The maximum absolute atomic E-state index is 10.6. The standard InChI is InChI=1S/C8H11.3CH2O2.Ti/c1-6-4-5-7(2)8(6)3;3*2-1-3;/h4H2,1-3H3;3*1H,(H,2,3);/q;;;;+3/p-3. The first-order valence-corrected chi connectivity index (χ1v) is 7.93. The van der Waals surface area contributed by atoms with Crippen LogP contribution < -0.4 is 0 Å². The molecule has 1 aliphatic rings. The molecule has 0 fully saturated rings. The van der Waals surface area contributed by atoms with Gasteiger partial charge in [0.2, 0.25) is 0 Å². The van der Waals surface area contributed by atoms with Gasteiger partial charge in [-0.05, 0) is 0 Å². The van der Waals surface area contributed by atoms with E-state index in [4.69, 9.17) is 9.96 Å². The van der Waals surface area contributed by atoms with Gasteiger partial charge < -0.3 is 0 Å². The Morgan fingerprint density at radius 2 is 1.33 bits per heavy atom. The van der Waals surface area contributed by atoms with Crippen molar-refractivity contribution in [2.24, 2.45) is 0 Å². The fourth-order valence-electron chi connectivity index (χ4n) is 1.90. The first kappa shape index (κ1) is 14.7. The molecule has 0 aromatic rings. The fraction of sp³-hybridized carbons (Fsp3) is 0.364. The number of allylic oxidation sites excluding steroid dienone is 4. The molecule has 0 atom stereocenters. The molecule has 0 saturated heterocycles. The summed E-state index contributed by atoms with van der Waals surface area (Å²) < 4.78 is 15.2. The Balaban J connectivity index is 3.23. The van der Waals surface area contributed by atoms with Gasteiger partial charge in [0.25, 0.3) is 0 Å². The van der Waals surface area contributed by atoms with Gasteiger partial charge in [0.05, 0.1) is 0 Å². The van der Waals surface area contributed by atoms with Gasteiger partial charge in [-0.2, -0.15) is 0 Å². The van der Waals surface area contributed by atoms with Crippen molar-refractivity contribution in [3.63, 3.8) is 0 Å². The number of rotatable bonds is 7. The van der Waals surface area contributed by atoms with Crippen LogP contribution in [0, 0.1) is 0 Å². The van der Waals surface area contributed by atoms with Gasteiger partial charge >= 0.3 is 109 Å². The minimum absolute atomic E-state index is 0.149. The van der Waals surface area contributed by atoms with Crippen LogP contribution in [0.25, 0.3) is 0 Å². The van der Waals surface area contributed by atoms with Gasteiger partial charge in [-0.15, -0.1) is 0 Å². The molecule has 0 aromatic heterocycles. The van der Waals surface area contributed by atoms with Crippen molar-refractivity contribution < 1.29 is 42.1 Å². The van der Waals surface area contributed by atoms with E-state index < -0.39 is 17.8 Å². The SMILES string of the molecule is CC1=C(C)C(C)=[C]([Ti]([O]C=O)([O]C=O)[O]C=O)C1. The number of hydrogen-bond acceptors (Lipinski definition) is 6. The Bertz CT molecular complexity index is 410. The average Bonchev–Trinajstić information content (AvgIpc) is 2.58. The Morgan fingerprint density at radius 3 is 1.61 bits per heavy atom. The fourth-order valence-corrected chi connectivity index (χ4v) is 5.18. The first-order valence-electron chi connectivity index (χ1n) is 5.23. The summed E-state index contributed by atoms with van der Waals surface area (Å²) in [7, 11) is 0. The molecule has 1 aliphatic carbocycles. The first-order chi connectivity index (χ1) is 8.52. The topological polar surface area (TPSA) is 78.9 Å². The molecule has 0 amide bonds. The van der Waals surface area contributed by atoms with E-state index in [1.165, 1.54) is 0 Å². The van der Waals surface area contributed by atoms with Crippen molar-refractivity contribution >= 4 is 19.4 Å². The van der Waals surface area contributed by atoms with Crippen LogP contribution in [-0.2, 0) is 42.1 Å². The third kappa shape index (κ3) is 2.54. The quantitative estimate of drug-likeness (QED) is 0.521. The molecule has 98 valence electrons. The van der Waals surface area contributed by atoms with Crippen molar-refractivity contribution in [1.29, 1.82) is 0 Å². The zero-order chi connectivity index (χ0) is 13.8. The van der Waals surface area contributed by atoms with Crippen LogP contribution in [0.2, 0.25) is 0 Å². The molecule has 0 aromatic carbocycles. The van der Waals surface area contributed by atoms with E-state index >= 15 is 0 Å². The van der Waals surface area contributed by atoms with Crippen molar-refractivity contribution in [1.82, 2.24) is 0 Å².